The van der Waals surface area contributed by atoms with Crippen molar-refractivity contribution in [3.05, 3.63) is 392 Å². The molecular weight excluding hydrogens is 2190 g/mol. The maximum atomic E-state index is 13.2. The minimum Gasteiger partial charge on any atom is -0.507 e. The molecular formula is C100H64Cl13N15O14S3. The summed E-state index contributed by atoms with van der Waals surface area (Å²) in [7, 11) is -0.575. The van der Waals surface area contributed by atoms with Crippen LogP contribution in [0.4, 0.5) is 22.7 Å². The number of aromatic hydroxyl groups is 5. The number of primary amides is 1. The molecule has 10 N–H and O–H groups in total. The first-order chi connectivity index (χ1) is 68.6. The number of carbonyl (C=O) groups excluding carboxylic acids is 7. The van der Waals surface area contributed by atoms with Gasteiger partial charge < -0.3 is 46.7 Å². The van der Waals surface area contributed by atoms with E-state index in [1.165, 1.54) is 167 Å². The Morgan fingerprint density at radius 2 is 0.972 bits per heavy atom. The second kappa shape index (κ2) is 50.6. The molecule has 1 saturated heterocycles. The molecule has 2 aliphatic heterocycles. The van der Waals surface area contributed by atoms with Gasteiger partial charge in [0.1, 0.15) is 21.0 Å². The summed E-state index contributed by atoms with van der Waals surface area (Å²) in [5.74, 6) is -4.81. The molecule has 11 aromatic carbocycles. The van der Waals surface area contributed by atoms with Gasteiger partial charge in [-0.1, -0.05) is 212 Å². The summed E-state index contributed by atoms with van der Waals surface area (Å²) >= 11 is 80.2. The number of amidine groups is 1. The number of ketones is 1. The van der Waals surface area contributed by atoms with Crippen LogP contribution in [0.1, 0.15) is 70.4 Å². The molecule has 145 heavy (non-hydrogen) atoms. The molecule has 0 bridgehead atoms. The van der Waals surface area contributed by atoms with Crippen LogP contribution in [-0.4, -0.2) is 121 Å². The molecule has 2 aliphatic rings. The Balaban J connectivity index is 0.000000181. The third kappa shape index (κ3) is 29.6. The van der Waals surface area contributed by atoms with Crippen molar-refractivity contribution in [2.45, 2.75) is 13.8 Å². The highest BCUT2D eigenvalue weighted by Gasteiger charge is 2.37. The van der Waals surface area contributed by atoms with Crippen LogP contribution in [0.3, 0.4) is 0 Å². The Morgan fingerprint density at radius 3 is 1.46 bits per heavy atom. The summed E-state index contributed by atoms with van der Waals surface area (Å²) in [6.45, 7) is 24.3. The number of amides is 6. The molecule has 0 saturated carbocycles. The quantitative estimate of drug-likeness (QED) is 0.0102. The number of likely N-dealkylation sites (N-methyl/N-ethyl adjacent to an activating group) is 2. The molecule has 0 spiro atoms. The standard InChI is InChI=1S/C23H17Cl2N3O3S2.C22H12Cl5NO3.C17H9Cl2N3O2.C14H7Cl2N3OS.C12H10Cl2N2O3.C12H9N3O2/c1-33(30,31)28-21-17(24)12-14(13-18(21)25)11-16(22(29)26-15-7-3-2-4-8-15)23-27-19-9-5-6-10-20(19)32-23;23-13-3-1-12(2-4-13)20(29)15(7-11-8-17(26)21(30)18(27)9-11)22(31)28-19-10-14(24)5-6-16(19)25;1-20-16-12(7-10-8-13(18)15(23)14(19)9-10)17(24)22(21-16)11-5-3-2-4-6-11;1-7-12(21-14(19-7)11(6-17)18-2)5-8-3-9(15)13(20)10(16)4-8;1-15-11(18)7(12(19)16(15)2)3-6-4-8(13)10(17)9(14)5-6;1-7-3-8(4-9(6-13)15-2)5-10(11(7)16)12(14)17/h2-13,28H,1H3,(H,26,29);1-10,30H,(H,28,31);2-9,23H;3-5,20H,1H3;3-5,17H,1-2H3;3-5,16H,1H3,(H2,14,17)/b16-11+;15-7-;12-7-;12-5-,14-11+;;9-4+. The van der Waals surface area contributed by atoms with Crippen molar-refractivity contribution in [1.29, 1.82) is 10.5 Å². The Bertz CT molecular complexity index is 7930. The Morgan fingerprint density at radius 1 is 0.497 bits per heavy atom. The number of hydrazone groups is 1. The van der Waals surface area contributed by atoms with Crippen LogP contribution in [0.5, 0.6) is 28.7 Å². The number of phenols is 5. The molecule has 6 amide bonds. The largest absolute Gasteiger partial charge is 0.507 e. The number of halogens is 13. The van der Waals surface area contributed by atoms with Crippen molar-refractivity contribution < 1.29 is 67.5 Å². The van der Waals surface area contributed by atoms with Gasteiger partial charge in [0.15, 0.2) is 28.8 Å². The highest BCUT2D eigenvalue weighted by molar-refractivity contribution is 7.92. The SMILES string of the molecule is CN1C(=O)C(=Cc2cc(Cl)c(O)c(Cl)c2)C(=O)N1C.CS(=O)(=O)Nc1c(Cl)cc(/C=C(\C(=O)Nc2ccccc2)c2nc3ccccc3s2)cc1Cl.O=C(Nc1cc(Cl)ccc1Cl)/C(=C\c1cc(Cl)c(O)c(Cl)c1)C(=O)c1ccc(Cl)cc1.[C-]#[N+]/C(C#N)=C/c1cc(C)c(O)c(C(N)=O)c1.[C-]#[N+]/C(C#N)=c1\nc(C)/c(=C/c2cc(Cl)c(O)c(Cl)c2)s1.[C-]#[N+]C1=NN(c2ccccc2)C(=O)/C1=C\c1cc(Cl)c(O)c(Cl)c1. The lowest BCUT2D eigenvalue weighted by molar-refractivity contribution is -0.141. The number of phenolic OH excluding ortho intramolecular Hbond substituents is 4. The monoisotopic (exact) mass is 2250 g/mol. The zero-order valence-corrected chi connectivity index (χ0v) is 86.8. The van der Waals surface area contributed by atoms with E-state index in [1.54, 1.807) is 92.7 Å². The van der Waals surface area contributed by atoms with E-state index in [2.05, 4.69) is 45.0 Å². The molecule has 0 radical (unpaired) electrons. The highest BCUT2D eigenvalue weighted by atomic mass is 35.5. The Kier molecular flexibility index (Phi) is 39.3. The van der Waals surface area contributed by atoms with E-state index >= 15 is 0 Å². The molecule has 2 aromatic heterocycles. The zero-order valence-electron chi connectivity index (χ0n) is 74.6. The number of hydrogen-bond donors (Lipinski definition) is 9. The van der Waals surface area contributed by atoms with Crippen LogP contribution >= 0.6 is 173 Å². The topological polar surface area (TPSA) is 425 Å². The molecule has 45 heteroatoms. The lowest BCUT2D eigenvalue weighted by Crippen LogP contribution is -2.33. The van der Waals surface area contributed by atoms with Gasteiger partial charge in [-0.2, -0.15) is 0 Å². The number of nitriles is 2. The van der Waals surface area contributed by atoms with Crippen LogP contribution in [0.25, 0.3) is 72.5 Å². The molecule has 0 unspecified atom stereocenters. The summed E-state index contributed by atoms with van der Waals surface area (Å²) < 4.78 is 27.6. The van der Waals surface area contributed by atoms with Gasteiger partial charge in [-0.15, -0.1) is 27.7 Å². The summed E-state index contributed by atoms with van der Waals surface area (Å²) in [5.41, 5.74) is 11.8. The number of nitrogens with two attached hydrogens (primary N) is 1. The fourth-order valence-electron chi connectivity index (χ4n) is 12.4. The Hall–Kier alpha value is -14.5. The fraction of sp³-hybridized carbons (Fsp3) is 0.0500. The van der Waals surface area contributed by atoms with Gasteiger partial charge >= 0.3 is 5.84 Å². The number of para-hydroxylation sites is 3. The van der Waals surface area contributed by atoms with Crippen molar-refractivity contribution >= 4 is 311 Å². The van der Waals surface area contributed by atoms with Crippen LogP contribution in [0.15, 0.2) is 228 Å². The zero-order chi connectivity index (χ0) is 106. The van der Waals surface area contributed by atoms with Gasteiger partial charge in [0.25, 0.3) is 46.8 Å². The highest BCUT2D eigenvalue weighted by Crippen LogP contribution is 2.41. The van der Waals surface area contributed by atoms with Crippen molar-refractivity contribution in [3.8, 4) is 40.9 Å². The molecule has 732 valence electrons. The van der Waals surface area contributed by atoms with Crippen molar-refractivity contribution in [2.24, 2.45) is 10.8 Å². The van der Waals surface area contributed by atoms with E-state index in [4.69, 9.17) is 187 Å². The lowest BCUT2D eigenvalue weighted by atomic mass is 10.00. The molecule has 13 aromatic rings. The first-order valence-corrected chi connectivity index (χ1v) is 48.9. The average Bonchev–Trinajstić information content (AvgIpc) is 1.70. The normalized spacial score (nSPS) is 12.8. The summed E-state index contributed by atoms with van der Waals surface area (Å²) in [6.07, 6.45) is 9.91. The number of anilines is 4. The van der Waals surface area contributed by atoms with Crippen molar-refractivity contribution in [3.63, 3.8) is 0 Å². The van der Waals surface area contributed by atoms with E-state index in [1.807, 2.05) is 54.6 Å². The number of carbonyl (C=O) groups is 7. The number of fused-ring (bicyclic) bond motifs is 1. The number of hydrogen-bond acceptors (Lipinski definition) is 21. The van der Waals surface area contributed by atoms with E-state index in [0.717, 1.165) is 21.0 Å². The second-order valence-corrected chi connectivity index (χ2v) is 38.9. The molecule has 0 aliphatic carbocycles. The summed E-state index contributed by atoms with van der Waals surface area (Å²) in [6, 6.07) is 57.2. The minimum absolute atomic E-state index is 0.0165. The van der Waals surface area contributed by atoms with Crippen molar-refractivity contribution in [1.82, 2.24) is 20.0 Å². The van der Waals surface area contributed by atoms with Gasteiger partial charge in [-0.3, -0.25) is 53.3 Å². The smallest absolute Gasteiger partial charge is 0.307 e. The average molecular weight is 2260 g/mol. The van der Waals surface area contributed by atoms with Crippen LogP contribution in [0, 0.1) is 56.2 Å². The first kappa shape index (κ1) is 112. The molecule has 15 rings (SSSR count). The van der Waals surface area contributed by atoms with Gasteiger partial charge in [-0.25, -0.2) is 33.6 Å². The van der Waals surface area contributed by atoms with E-state index < -0.39 is 45.3 Å². The number of rotatable bonds is 17. The molecule has 1 fully saturated rings. The molecule has 4 heterocycles. The van der Waals surface area contributed by atoms with E-state index in [-0.39, 0.29) is 146 Å². The van der Waals surface area contributed by atoms with Crippen LogP contribution in [0.2, 0.25) is 65.3 Å². The number of allylic oxidation sites excluding steroid dienone is 1. The van der Waals surface area contributed by atoms with E-state index in [0.29, 0.717) is 81.3 Å². The van der Waals surface area contributed by atoms with Crippen LogP contribution < -0.4 is 35.3 Å². The molecule has 29 nitrogen and oxygen atoms in total. The summed E-state index contributed by atoms with van der Waals surface area (Å²) in [5, 5.41) is 80.8. The van der Waals surface area contributed by atoms with E-state index in [9.17, 15) is 67.5 Å². The fourth-order valence-corrected chi connectivity index (χ4v) is 18.2. The maximum absolute atomic E-state index is 13.2. The third-order valence-corrected chi connectivity index (χ3v) is 25.9. The Labute approximate surface area is 899 Å². The number of Topliss-reactive ketones (excluding diaryl/α,β-unsaturated/α-hetero) is 1. The van der Waals surface area contributed by atoms with Gasteiger partial charge in [-0.05, 0) is 240 Å². The predicted octanol–water partition coefficient (Wildman–Crippen LogP) is 24.4. The second-order valence-electron chi connectivity index (χ2n) is 29.7. The minimum atomic E-state index is -3.57. The molecule has 0 atom stereocenters. The van der Waals surface area contributed by atoms with Gasteiger partial charge in [0.2, 0.25) is 10.0 Å². The lowest BCUT2D eigenvalue weighted by Gasteiger charge is -2.16. The number of sulfonamides is 1. The number of nitrogens with zero attached hydrogens (tertiary/aromatic N) is 11. The number of benzene rings is 11. The van der Waals surface area contributed by atoms with Gasteiger partial charge in [0.05, 0.1) is 142 Å². The van der Waals surface area contributed by atoms with Crippen molar-refractivity contribution in [2.75, 3.05) is 40.7 Å². The van der Waals surface area contributed by atoms with Crippen LogP contribution in [-0.2, 0) is 34.0 Å². The maximum Gasteiger partial charge on any atom is 0.307 e. The number of hydrazine groups is 1. The number of thiazole rings is 2. The first-order valence-electron chi connectivity index (χ1n) is 40.5. The van der Waals surface area contributed by atoms with Gasteiger partial charge in [0, 0.05) is 39.9 Å². The predicted molar refractivity (Wildman–Crippen MR) is 575 cm³/mol. The number of aromatic nitrogens is 2. The summed E-state index contributed by atoms with van der Waals surface area (Å²) in [4.78, 5) is 105. The number of nitrogens with one attached hydrogen (secondary N) is 3. The third-order valence-electron chi connectivity index (χ3n) is 19.5. The number of aryl methyl sites for hydroxylation is 2.